The van der Waals surface area contributed by atoms with Crippen LogP contribution in [-0.4, -0.2) is 6.61 Å². The van der Waals surface area contributed by atoms with Gasteiger partial charge in [-0.25, -0.2) is 0 Å². The van der Waals surface area contributed by atoms with Gasteiger partial charge in [0.25, 0.3) is 0 Å². The predicted octanol–water partition coefficient (Wildman–Crippen LogP) is 5.32. The third-order valence-electron chi connectivity index (χ3n) is 3.01. The molecule has 0 bridgehead atoms. The Kier molecular flexibility index (Phi) is 12.4. The van der Waals surface area contributed by atoms with Gasteiger partial charge < -0.3 is 4.74 Å². The van der Waals surface area contributed by atoms with Gasteiger partial charge in [-0.05, 0) is 18.6 Å². The second-order valence-corrected chi connectivity index (χ2v) is 4.64. The lowest BCUT2D eigenvalue weighted by atomic mass is 10.1. The molecule has 0 aromatic heterocycles. The summed E-state index contributed by atoms with van der Waals surface area (Å²) >= 11 is 0. The van der Waals surface area contributed by atoms with E-state index in [9.17, 15) is 0 Å². The van der Waals surface area contributed by atoms with Crippen LogP contribution in [-0.2, 0) is 0 Å². The molecule has 0 unspecified atom stereocenters. The molecule has 0 radical (unpaired) electrons. The summed E-state index contributed by atoms with van der Waals surface area (Å²) in [5.74, 6) is 0.996. The molecule has 0 spiro atoms. The minimum Gasteiger partial charge on any atom is -0.494 e. The second-order valence-electron chi connectivity index (χ2n) is 4.64. The number of unbranched alkanes of at least 4 members (excludes halogenated alkanes) is 7. The number of ether oxygens (including phenoxy) is 1. The molecule has 0 amide bonds. The zero-order valence-electron chi connectivity index (χ0n) is 11.7. The van der Waals surface area contributed by atoms with Crippen LogP contribution in [0.3, 0.4) is 0 Å². The summed E-state index contributed by atoms with van der Waals surface area (Å²) in [5, 5.41) is 0. The van der Waals surface area contributed by atoms with Gasteiger partial charge in [0.05, 0.1) is 6.61 Å². The average Bonchev–Trinajstić information content (AvgIpc) is 2.38. The highest BCUT2D eigenvalue weighted by Crippen LogP contribution is 2.11. The second kappa shape index (κ2) is 12.8. The molecule has 0 saturated carbocycles. The number of hydrogen-bond donors (Lipinski definition) is 0. The van der Waals surface area contributed by atoms with Gasteiger partial charge in [-0.1, -0.05) is 70.1 Å². The van der Waals surface area contributed by atoms with E-state index < -0.39 is 0 Å². The zero-order valence-corrected chi connectivity index (χ0v) is 12.7. The molecule has 0 aliphatic rings. The molecule has 0 aliphatic carbocycles. The summed E-state index contributed by atoms with van der Waals surface area (Å²) in [6.45, 7) is 3.12. The van der Waals surface area contributed by atoms with Crippen molar-refractivity contribution < 1.29 is 4.74 Å². The van der Waals surface area contributed by atoms with Crippen LogP contribution in [0.15, 0.2) is 30.3 Å². The first-order chi connectivity index (χ1) is 8.43. The lowest BCUT2D eigenvalue weighted by molar-refractivity contribution is 0.304. The van der Waals surface area contributed by atoms with Crippen LogP contribution < -0.4 is 4.74 Å². The summed E-state index contributed by atoms with van der Waals surface area (Å²) in [5.41, 5.74) is 0. The average molecular weight is 268 g/mol. The van der Waals surface area contributed by atoms with Crippen molar-refractivity contribution in [1.82, 2.24) is 0 Å². The Bertz CT molecular complexity index is 261. The molecule has 1 aromatic carbocycles. The number of hydrogen-bond acceptors (Lipinski definition) is 1. The van der Waals surface area contributed by atoms with Crippen molar-refractivity contribution in [3.05, 3.63) is 30.3 Å². The van der Waals surface area contributed by atoms with E-state index in [1.54, 1.807) is 0 Å². The predicted molar refractivity (Wildman–Crippen MR) is 84.9 cm³/mol. The highest BCUT2D eigenvalue weighted by atomic mass is 32.1. The first-order valence-corrected chi connectivity index (χ1v) is 7.11. The maximum absolute atomic E-state index is 5.65. The Morgan fingerprint density at radius 2 is 1.33 bits per heavy atom. The van der Waals surface area contributed by atoms with Crippen LogP contribution >= 0.6 is 13.5 Å². The Labute approximate surface area is 119 Å². The summed E-state index contributed by atoms with van der Waals surface area (Å²) in [4.78, 5) is 0. The van der Waals surface area contributed by atoms with Gasteiger partial charge >= 0.3 is 0 Å². The molecule has 1 aromatic rings. The van der Waals surface area contributed by atoms with Crippen LogP contribution in [0, 0.1) is 0 Å². The van der Waals surface area contributed by atoms with Crippen LogP contribution in [0.5, 0.6) is 5.75 Å². The highest BCUT2D eigenvalue weighted by Gasteiger charge is 1.93. The van der Waals surface area contributed by atoms with E-state index in [4.69, 9.17) is 4.74 Å². The third kappa shape index (κ3) is 9.41. The Morgan fingerprint density at radius 1 is 0.778 bits per heavy atom. The van der Waals surface area contributed by atoms with Crippen molar-refractivity contribution >= 4 is 13.5 Å². The summed E-state index contributed by atoms with van der Waals surface area (Å²) < 4.78 is 5.65. The van der Waals surface area contributed by atoms with Gasteiger partial charge in [-0.2, -0.15) is 13.5 Å². The van der Waals surface area contributed by atoms with Crippen molar-refractivity contribution in [2.75, 3.05) is 6.61 Å². The fourth-order valence-electron chi connectivity index (χ4n) is 1.94. The number of rotatable bonds is 10. The highest BCUT2D eigenvalue weighted by molar-refractivity contribution is 7.59. The van der Waals surface area contributed by atoms with Crippen LogP contribution in [0.4, 0.5) is 0 Å². The van der Waals surface area contributed by atoms with Gasteiger partial charge in [0.15, 0.2) is 0 Å². The lowest BCUT2D eigenvalue weighted by Gasteiger charge is -2.05. The zero-order chi connectivity index (χ0) is 12.2. The Hall–Kier alpha value is -0.630. The van der Waals surface area contributed by atoms with Gasteiger partial charge in [-0.3, -0.25) is 0 Å². The topological polar surface area (TPSA) is 9.23 Å². The molecule has 104 valence electrons. The molecule has 0 fully saturated rings. The van der Waals surface area contributed by atoms with E-state index in [0.717, 1.165) is 12.4 Å². The SMILES string of the molecule is CCCCCCCCCCOc1ccccc1.S. The number of para-hydroxylation sites is 1. The standard InChI is InChI=1S/C16H26O.H2S/c1-2-3-4-5-6-7-8-12-15-17-16-13-10-9-11-14-16;/h9-11,13-14H,2-8,12,15H2,1H3;1H2. The van der Waals surface area contributed by atoms with Crippen molar-refractivity contribution in [3.63, 3.8) is 0 Å². The monoisotopic (exact) mass is 268 g/mol. The van der Waals surface area contributed by atoms with Crippen LogP contribution in [0.1, 0.15) is 58.3 Å². The van der Waals surface area contributed by atoms with Gasteiger partial charge in [0, 0.05) is 0 Å². The minimum atomic E-state index is 0. The molecule has 0 N–H and O–H groups in total. The third-order valence-corrected chi connectivity index (χ3v) is 3.01. The fraction of sp³-hybridized carbons (Fsp3) is 0.625. The lowest BCUT2D eigenvalue weighted by Crippen LogP contribution is -1.96. The molecular formula is C16H28OS. The first-order valence-electron chi connectivity index (χ1n) is 7.11. The van der Waals surface area contributed by atoms with E-state index in [-0.39, 0.29) is 13.5 Å². The van der Waals surface area contributed by atoms with Crippen molar-refractivity contribution in [1.29, 1.82) is 0 Å². The fourth-order valence-corrected chi connectivity index (χ4v) is 1.94. The van der Waals surface area contributed by atoms with E-state index in [0.29, 0.717) is 0 Å². The molecule has 0 heterocycles. The van der Waals surface area contributed by atoms with Gasteiger partial charge in [0.2, 0.25) is 0 Å². The van der Waals surface area contributed by atoms with Gasteiger partial charge in [-0.15, -0.1) is 0 Å². The molecule has 0 atom stereocenters. The maximum atomic E-state index is 5.65. The summed E-state index contributed by atoms with van der Waals surface area (Å²) in [6, 6.07) is 10.1. The molecule has 1 nitrogen and oxygen atoms in total. The van der Waals surface area contributed by atoms with E-state index in [1.165, 1.54) is 51.4 Å². The summed E-state index contributed by atoms with van der Waals surface area (Å²) in [6.07, 6.45) is 10.8. The molecule has 1 rings (SSSR count). The minimum absolute atomic E-state index is 0. The van der Waals surface area contributed by atoms with E-state index >= 15 is 0 Å². The summed E-state index contributed by atoms with van der Waals surface area (Å²) in [7, 11) is 0. The quantitative estimate of drug-likeness (QED) is 0.522. The van der Waals surface area contributed by atoms with Gasteiger partial charge in [0.1, 0.15) is 5.75 Å². The molecule has 0 saturated heterocycles. The van der Waals surface area contributed by atoms with Crippen molar-refractivity contribution in [2.24, 2.45) is 0 Å². The van der Waals surface area contributed by atoms with E-state index in [2.05, 4.69) is 6.92 Å². The van der Waals surface area contributed by atoms with Crippen molar-refractivity contribution in [2.45, 2.75) is 58.3 Å². The molecule has 2 heteroatoms. The molecule has 18 heavy (non-hydrogen) atoms. The largest absolute Gasteiger partial charge is 0.494 e. The number of benzene rings is 1. The van der Waals surface area contributed by atoms with E-state index in [1.807, 2.05) is 30.3 Å². The normalized spacial score (nSPS) is 9.83. The Morgan fingerprint density at radius 3 is 1.94 bits per heavy atom. The van der Waals surface area contributed by atoms with Crippen LogP contribution in [0.25, 0.3) is 0 Å². The Balaban J connectivity index is 0.00000289. The first kappa shape index (κ1) is 17.4. The smallest absolute Gasteiger partial charge is 0.119 e. The maximum Gasteiger partial charge on any atom is 0.119 e. The molecule has 0 aliphatic heterocycles. The van der Waals surface area contributed by atoms with Crippen LogP contribution in [0.2, 0.25) is 0 Å². The molecular weight excluding hydrogens is 240 g/mol. The van der Waals surface area contributed by atoms with Crippen molar-refractivity contribution in [3.8, 4) is 5.75 Å².